The first kappa shape index (κ1) is 31.9. The van der Waals surface area contributed by atoms with Crippen LogP contribution < -0.4 is 15.8 Å². The summed E-state index contributed by atoms with van der Waals surface area (Å²) in [5.41, 5.74) is 9.95. The number of pyridine rings is 1. The number of thiol groups is 1. The van der Waals surface area contributed by atoms with Crippen LogP contribution in [-0.4, -0.2) is 84.2 Å². The Bertz CT molecular complexity index is 1450. The number of halogens is 1. The van der Waals surface area contributed by atoms with Crippen LogP contribution in [0.4, 0.5) is 4.39 Å². The molecule has 0 spiro atoms. The largest absolute Gasteiger partial charge is 0.437 e. The molecule has 11 heteroatoms. The summed E-state index contributed by atoms with van der Waals surface area (Å²) in [6.07, 6.45) is 4.34. The van der Waals surface area contributed by atoms with Crippen LogP contribution in [0.5, 0.6) is 11.6 Å². The van der Waals surface area contributed by atoms with Crippen molar-refractivity contribution in [1.29, 1.82) is 0 Å². The van der Waals surface area contributed by atoms with Crippen LogP contribution in [0.1, 0.15) is 47.2 Å². The monoisotopic (exact) mass is 635 g/mol. The Morgan fingerprint density at radius 2 is 1.78 bits per heavy atom. The highest BCUT2D eigenvalue weighted by molar-refractivity contribution is 7.80. The molecule has 1 unspecified atom stereocenters. The number of amides is 1. The van der Waals surface area contributed by atoms with Crippen molar-refractivity contribution < 1.29 is 23.4 Å². The van der Waals surface area contributed by atoms with E-state index in [0.29, 0.717) is 45.2 Å². The molecule has 3 fully saturated rings. The maximum Gasteiger partial charge on any atom is 0.257 e. The molecule has 1 amide bonds. The quantitative estimate of drug-likeness (QED) is 0.294. The summed E-state index contributed by atoms with van der Waals surface area (Å²) in [6, 6.07) is 15.7. The van der Waals surface area contributed by atoms with E-state index in [1.54, 1.807) is 0 Å². The number of benzene rings is 2. The van der Waals surface area contributed by atoms with Gasteiger partial charge in [0, 0.05) is 62.5 Å². The lowest BCUT2D eigenvalue weighted by atomic mass is 9.91. The number of morpholine rings is 2. The Kier molecular flexibility index (Phi) is 10.6. The summed E-state index contributed by atoms with van der Waals surface area (Å²) in [7, 11) is 0. The van der Waals surface area contributed by atoms with Crippen LogP contribution in [0.3, 0.4) is 0 Å². The zero-order chi connectivity index (χ0) is 31.2. The number of aromatic nitrogens is 1. The van der Waals surface area contributed by atoms with E-state index >= 15 is 0 Å². The predicted molar refractivity (Wildman–Crippen MR) is 174 cm³/mol. The zero-order valence-corrected chi connectivity index (χ0v) is 26.4. The van der Waals surface area contributed by atoms with Crippen molar-refractivity contribution in [3.8, 4) is 22.8 Å². The number of nitrogens with zero attached hydrogens (tertiary/aromatic N) is 3. The molecule has 3 heterocycles. The number of nitrogens with one attached hydrogen (secondary N) is 1. The number of rotatable bonds is 9. The third-order valence-electron chi connectivity index (χ3n) is 8.81. The van der Waals surface area contributed by atoms with Crippen molar-refractivity contribution >= 4 is 18.5 Å². The van der Waals surface area contributed by atoms with Crippen molar-refractivity contribution in [2.24, 2.45) is 5.73 Å². The molecule has 240 valence electrons. The molecular weight excluding hydrogens is 593 g/mol. The number of carbonyl (C=O) groups is 1. The smallest absolute Gasteiger partial charge is 0.257 e. The molecule has 2 aromatic carbocycles. The Labute approximate surface area is 269 Å². The van der Waals surface area contributed by atoms with Gasteiger partial charge in [0.2, 0.25) is 5.88 Å². The summed E-state index contributed by atoms with van der Waals surface area (Å²) in [5, 5.41) is 3.08. The SMILES string of the molecule is NC1CCC(NC(=O)c2cc(F)cnc2Oc2c(CN3CCOCC3)ccc(-c3ccccc3)c2CN2CCOC(S)C2)CC1. The van der Waals surface area contributed by atoms with Gasteiger partial charge in [-0.15, -0.1) is 12.6 Å². The van der Waals surface area contributed by atoms with Crippen molar-refractivity contribution in [1.82, 2.24) is 20.1 Å². The van der Waals surface area contributed by atoms with Gasteiger partial charge in [-0.2, -0.15) is 0 Å². The second-order valence-electron chi connectivity index (χ2n) is 12.1. The maximum atomic E-state index is 14.6. The van der Waals surface area contributed by atoms with Gasteiger partial charge in [0.05, 0.1) is 26.0 Å². The van der Waals surface area contributed by atoms with Gasteiger partial charge in [-0.05, 0) is 42.9 Å². The molecule has 3 aromatic rings. The Balaban J connectivity index is 1.41. The minimum absolute atomic E-state index is 0.0298. The number of hydrogen-bond donors (Lipinski definition) is 3. The zero-order valence-electron chi connectivity index (χ0n) is 25.5. The standard InChI is InChI=1S/C34H42FN5O4S/c35-25-18-29(33(41)38-27-9-7-26(36)8-10-27)34(37-19-25)44-32-24(20-39-12-15-42-16-13-39)6-11-28(23-4-2-1-3-5-23)30(32)21-40-14-17-43-31(45)22-40/h1-6,11,18-19,26-27,31,45H,7-10,12-17,20-22,36H2,(H,38,41). The normalized spacial score (nSPS) is 23.0. The first-order chi connectivity index (χ1) is 21.9. The molecule has 0 bridgehead atoms. The predicted octanol–water partition coefficient (Wildman–Crippen LogP) is 4.60. The van der Waals surface area contributed by atoms with Crippen molar-refractivity contribution in [3.63, 3.8) is 0 Å². The van der Waals surface area contributed by atoms with E-state index in [4.69, 9.17) is 19.9 Å². The molecule has 45 heavy (non-hydrogen) atoms. The highest BCUT2D eigenvalue weighted by atomic mass is 32.1. The van der Waals surface area contributed by atoms with E-state index in [-0.39, 0.29) is 29.0 Å². The van der Waals surface area contributed by atoms with Crippen LogP contribution in [0.2, 0.25) is 0 Å². The molecule has 9 nitrogen and oxygen atoms in total. The van der Waals surface area contributed by atoms with E-state index in [0.717, 1.165) is 73.8 Å². The number of hydrogen-bond acceptors (Lipinski definition) is 9. The number of carbonyl (C=O) groups excluding carboxylic acids is 1. The lowest BCUT2D eigenvalue weighted by Gasteiger charge is -2.33. The molecule has 1 aromatic heterocycles. The highest BCUT2D eigenvalue weighted by Gasteiger charge is 2.27. The van der Waals surface area contributed by atoms with E-state index < -0.39 is 11.7 Å². The molecule has 1 aliphatic carbocycles. The summed E-state index contributed by atoms with van der Waals surface area (Å²) in [5.74, 6) is -0.302. The molecule has 1 atom stereocenters. The van der Waals surface area contributed by atoms with E-state index in [9.17, 15) is 9.18 Å². The van der Waals surface area contributed by atoms with Gasteiger partial charge in [-0.25, -0.2) is 9.37 Å². The van der Waals surface area contributed by atoms with Gasteiger partial charge in [-0.3, -0.25) is 14.6 Å². The third-order valence-corrected chi connectivity index (χ3v) is 9.12. The lowest BCUT2D eigenvalue weighted by molar-refractivity contribution is 0.0155. The fourth-order valence-corrected chi connectivity index (χ4v) is 6.65. The highest BCUT2D eigenvalue weighted by Crippen LogP contribution is 2.39. The van der Waals surface area contributed by atoms with Gasteiger partial charge < -0.3 is 25.3 Å². The number of ether oxygens (including phenoxy) is 3. The van der Waals surface area contributed by atoms with Gasteiger partial charge in [0.1, 0.15) is 22.6 Å². The fourth-order valence-electron chi connectivity index (χ4n) is 6.32. The topological polar surface area (TPSA) is 102 Å². The maximum absolute atomic E-state index is 14.6. The van der Waals surface area contributed by atoms with Crippen molar-refractivity contribution in [3.05, 3.63) is 77.2 Å². The Hall–Kier alpha value is -3.06. The molecule has 0 radical (unpaired) electrons. The molecule has 3 N–H and O–H groups in total. The van der Waals surface area contributed by atoms with Gasteiger partial charge in [0.15, 0.2) is 0 Å². The average Bonchev–Trinajstić information content (AvgIpc) is 3.05. The molecule has 1 saturated carbocycles. The lowest BCUT2D eigenvalue weighted by Crippen LogP contribution is -2.40. The van der Waals surface area contributed by atoms with Gasteiger partial charge >= 0.3 is 0 Å². The van der Waals surface area contributed by atoms with Gasteiger partial charge in [0.25, 0.3) is 5.91 Å². The molecule has 3 aliphatic rings. The van der Waals surface area contributed by atoms with E-state index in [1.165, 1.54) is 6.07 Å². The van der Waals surface area contributed by atoms with Crippen molar-refractivity contribution in [2.75, 3.05) is 46.0 Å². The van der Waals surface area contributed by atoms with Crippen LogP contribution in [-0.2, 0) is 22.6 Å². The van der Waals surface area contributed by atoms with Crippen LogP contribution in [0.25, 0.3) is 11.1 Å². The van der Waals surface area contributed by atoms with Crippen LogP contribution in [0, 0.1) is 5.82 Å². The minimum Gasteiger partial charge on any atom is -0.437 e. The van der Waals surface area contributed by atoms with Crippen LogP contribution >= 0.6 is 12.6 Å². The summed E-state index contributed by atoms with van der Waals surface area (Å²) >= 11 is 4.59. The first-order valence-electron chi connectivity index (χ1n) is 15.8. The summed E-state index contributed by atoms with van der Waals surface area (Å²) in [6.45, 7) is 6.10. The summed E-state index contributed by atoms with van der Waals surface area (Å²) < 4.78 is 32.7. The molecule has 2 saturated heterocycles. The Morgan fingerprint density at radius 1 is 1.02 bits per heavy atom. The summed E-state index contributed by atoms with van der Waals surface area (Å²) in [4.78, 5) is 22.6. The van der Waals surface area contributed by atoms with E-state index in [1.807, 2.05) is 18.2 Å². The fraction of sp³-hybridized carbons (Fsp3) is 0.471. The number of nitrogens with two attached hydrogens (primary N) is 1. The first-order valence-corrected chi connectivity index (χ1v) is 16.4. The van der Waals surface area contributed by atoms with E-state index in [2.05, 4.69) is 57.0 Å². The molecule has 2 aliphatic heterocycles. The van der Waals surface area contributed by atoms with Gasteiger partial charge in [-0.1, -0.05) is 42.5 Å². The molecular formula is C34H42FN5O4S. The minimum atomic E-state index is -0.599. The molecule has 6 rings (SSSR count). The second kappa shape index (κ2) is 15.0. The second-order valence-corrected chi connectivity index (χ2v) is 12.7. The Morgan fingerprint density at radius 3 is 2.53 bits per heavy atom. The van der Waals surface area contributed by atoms with Crippen molar-refractivity contribution in [2.45, 2.75) is 56.3 Å². The average molecular weight is 636 g/mol. The van der Waals surface area contributed by atoms with Crippen LogP contribution in [0.15, 0.2) is 54.7 Å². The third kappa shape index (κ3) is 8.21.